The van der Waals surface area contributed by atoms with Crippen LogP contribution in [0, 0.1) is 12.7 Å². The van der Waals surface area contributed by atoms with Gasteiger partial charge < -0.3 is 15.5 Å². The molecule has 0 saturated carbocycles. The Balaban J connectivity index is 2.22. The molecular weight excluding hydrogens is 229 g/mol. The molecule has 0 aliphatic carbocycles. The van der Waals surface area contributed by atoms with Crippen molar-refractivity contribution < 1.29 is 4.39 Å². The molecule has 1 aliphatic rings. The number of rotatable bonds is 2. The minimum Gasteiger partial charge on any atom is -0.397 e. The Labute approximate surface area is 108 Å². The van der Waals surface area contributed by atoms with Crippen LogP contribution in [-0.4, -0.2) is 38.1 Å². The van der Waals surface area contributed by atoms with Crippen molar-refractivity contribution in [2.45, 2.75) is 25.8 Å². The van der Waals surface area contributed by atoms with Gasteiger partial charge in [0.05, 0.1) is 11.4 Å². The molecule has 100 valence electrons. The first-order valence-electron chi connectivity index (χ1n) is 6.46. The number of aryl methyl sites for hydroxylation is 1. The molecular formula is C14H22FN3. The second-order valence-electron chi connectivity index (χ2n) is 5.33. The average Bonchev–Trinajstić information content (AvgIpc) is 2.33. The van der Waals surface area contributed by atoms with Crippen LogP contribution in [0.15, 0.2) is 12.1 Å². The van der Waals surface area contributed by atoms with Crippen LogP contribution < -0.4 is 10.6 Å². The van der Waals surface area contributed by atoms with Gasteiger partial charge in [-0.25, -0.2) is 4.39 Å². The molecule has 18 heavy (non-hydrogen) atoms. The number of nitrogens with zero attached hydrogens (tertiary/aromatic N) is 2. The number of halogens is 1. The van der Waals surface area contributed by atoms with Gasteiger partial charge in [-0.2, -0.15) is 0 Å². The van der Waals surface area contributed by atoms with Crippen LogP contribution in [0.25, 0.3) is 0 Å². The standard InChI is InChI=1S/C14H22FN3/c1-10-7-14(13(16)8-12(10)15)18(3)11-5-4-6-17(2)9-11/h7-8,11H,4-6,9,16H2,1-3H3. The highest BCUT2D eigenvalue weighted by Crippen LogP contribution is 2.29. The maximum Gasteiger partial charge on any atom is 0.128 e. The monoisotopic (exact) mass is 251 g/mol. The van der Waals surface area contributed by atoms with E-state index >= 15 is 0 Å². The highest BCUT2D eigenvalue weighted by Gasteiger charge is 2.22. The Kier molecular flexibility index (Phi) is 3.76. The number of nitrogen functional groups attached to an aromatic ring is 1. The Bertz CT molecular complexity index is 433. The first kappa shape index (κ1) is 13.1. The molecule has 1 unspecified atom stereocenters. The molecule has 1 saturated heterocycles. The predicted molar refractivity (Wildman–Crippen MR) is 74.5 cm³/mol. The van der Waals surface area contributed by atoms with Gasteiger partial charge in [0.25, 0.3) is 0 Å². The van der Waals surface area contributed by atoms with Crippen molar-refractivity contribution in [2.75, 3.05) is 37.8 Å². The van der Waals surface area contributed by atoms with Crippen LogP contribution in [0.3, 0.4) is 0 Å². The molecule has 2 rings (SSSR count). The second-order valence-corrected chi connectivity index (χ2v) is 5.33. The molecule has 1 aromatic carbocycles. The van der Waals surface area contributed by atoms with E-state index in [2.05, 4.69) is 16.8 Å². The average molecular weight is 251 g/mol. The fourth-order valence-corrected chi connectivity index (χ4v) is 2.64. The van der Waals surface area contributed by atoms with E-state index in [1.807, 2.05) is 13.1 Å². The molecule has 1 atom stereocenters. The van der Waals surface area contributed by atoms with E-state index in [0.717, 1.165) is 25.2 Å². The number of piperidine rings is 1. The summed E-state index contributed by atoms with van der Waals surface area (Å²) in [6.45, 7) is 3.97. The van der Waals surface area contributed by atoms with Crippen LogP contribution >= 0.6 is 0 Å². The topological polar surface area (TPSA) is 32.5 Å². The van der Waals surface area contributed by atoms with Crippen LogP contribution in [-0.2, 0) is 0 Å². The summed E-state index contributed by atoms with van der Waals surface area (Å²) in [5.74, 6) is -0.231. The Morgan fingerprint density at radius 2 is 2.17 bits per heavy atom. The second kappa shape index (κ2) is 5.14. The van der Waals surface area contributed by atoms with Crippen molar-refractivity contribution in [3.8, 4) is 0 Å². The highest BCUT2D eigenvalue weighted by molar-refractivity contribution is 5.69. The maximum absolute atomic E-state index is 13.4. The van der Waals surface area contributed by atoms with Crippen LogP contribution in [0.5, 0.6) is 0 Å². The fraction of sp³-hybridized carbons (Fsp3) is 0.571. The van der Waals surface area contributed by atoms with Gasteiger partial charge in [0, 0.05) is 19.6 Å². The summed E-state index contributed by atoms with van der Waals surface area (Å²) in [7, 11) is 4.19. The number of hydrogen-bond donors (Lipinski definition) is 1. The molecule has 0 aromatic heterocycles. The molecule has 1 fully saturated rings. The van der Waals surface area contributed by atoms with Gasteiger partial charge in [-0.05, 0) is 51.1 Å². The van der Waals surface area contributed by atoms with Crippen molar-refractivity contribution in [1.82, 2.24) is 4.90 Å². The summed E-state index contributed by atoms with van der Waals surface area (Å²) >= 11 is 0. The van der Waals surface area contributed by atoms with E-state index in [9.17, 15) is 4.39 Å². The number of anilines is 2. The molecule has 2 N–H and O–H groups in total. The van der Waals surface area contributed by atoms with Crippen molar-refractivity contribution in [3.05, 3.63) is 23.5 Å². The van der Waals surface area contributed by atoms with Crippen LogP contribution in [0.4, 0.5) is 15.8 Å². The fourth-order valence-electron chi connectivity index (χ4n) is 2.64. The van der Waals surface area contributed by atoms with E-state index in [4.69, 9.17) is 5.73 Å². The summed E-state index contributed by atoms with van der Waals surface area (Å²) in [5, 5.41) is 0. The smallest absolute Gasteiger partial charge is 0.128 e. The quantitative estimate of drug-likeness (QED) is 0.818. The predicted octanol–water partition coefficient (Wildman–Crippen LogP) is 2.25. The molecule has 3 nitrogen and oxygen atoms in total. The summed E-state index contributed by atoms with van der Waals surface area (Å²) in [6.07, 6.45) is 2.36. The molecule has 0 radical (unpaired) electrons. The number of nitrogens with two attached hydrogens (primary N) is 1. The molecule has 1 aromatic rings. The zero-order valence-corrected chi connectivity index (χ0v) is 11.4. The van der Waals surface area contributed by atoms with E-state index < -0.39 is 0 Å². The molecule has 4 heteroatoms. The third-order valence-electron chi connectivity index (χ3n) is 3.84. The van der Waals surface area contributed by atoms with Gasteiger partial charge in [0.2, 0.25) is 0 Å². The summed E-state index contributed by atoms with van der Waals surface area (Å²) in [6, 6.07) is 3.73. The lowest BCUT2D eigenvalue weighted by atomic mass is 10.0. The number of benzene rings is 1. The SMILES string of the molecule is Cc1cc(N(C)C2CCCN(C)C2)c(N)cc1F. The lowest BCUT2D eigenvalue weighted by molar-refractivity contribution is 0.248. The van der Waals surface area contributed by atoms with Crippen molar-refractivity contribution in [2.24, 2.45) is 0 Å². The molecule has 0 bridgehead atoms. The third kappa shape index (κ3) is 2.58. The van der Waals surface area contributed by atoms with Crippen LogP contribution in [0.1, 0.15) is 18.4 Å². The summed E-state index contributed by atoms with van der Waals surface area (Å²) < 4.78 is 13.4. The number of likely N-dealkylation sites (tertiary alicyclic amines) is 1. The van der Waals surface area contributed by atoms with E-state index in [0.29, 0.717) is 17.3 Å². The first-order valence-corrected chi connectivity index (χ1v) is 6.46. The summed E-state index contributed by atoms with van der Waals surface area (Å²) in [4.78, 5) is 4.52. The largest absolute Gasteiger partial charge is 0.397 e. The van der Waals surface area contributed by atoms with Crippen molar-refractivity contribution in [3.63, 3.8) is 0 Å². The normalized spacial score (nSPS) is 21.0. The molecule has 0 spiro atoms. The van der Waals surface area contributed by atoms with Gasteiger partial charge in [0.1, 0.15) is 5.82 Å². The lowest BCUT2D eigenvalue weighted by Gasteiger charge is -2.37. The van der Waals surface area contributed by atoms with E-state index in [1.54, 1.807) is 6.92 Å². The van der Waals surface area contributed by atoms with Crippen molar-refractivity contribution >= 4 is 11.4 Å². The Morgan fingerprint density at radius 1 is 1.44 bits per heavy atom. The zero-order valence-electron chi connectivity index (χ0n) is 11.4. The minimum atomic E-state index is -0.231. The van der Waals surface area contributed by atoms with E-state index in [1.165, 1.54) is 12.5 Å². The number of hydrogen-bond acceptors (Lipinski definition) is 3. The molecule has 1 aliphatic heterocycles. The minimum absolute atomic E-state index is 0.231. The zero-order chi connectivity index (χ0) is 13.3. The Morgan fingerprint density at radius 3 is 2.83 bits per heavy atom. The molecule has 0 amide bonds. The highest BCUT2D eigenvalue weighted by atomic mass is 19.1. The van der Waals surface area contributed by atoms with E-state index in [-0.39, 0.29) is 5.82 Å². The molecule has 1 heterocycles. The van der Waals surface area contributed by atoms with Gasteiger partial charge in [0.15, 0.2) is 0 Å². The van der Waals surface area contributed by atoms with Gasteiger partial charge >= 0.3 is 0 Å². The van der Waals surface area contributed by atoms with Gasteiger partial charge in [-0.3, -0.25) is 0 Å². The van der Waals surface area contributed by atoms with Crippen molar-refractivity contribution in [1.29, 1.82) is 0 Å². The first-order chi connectivity index (χ1) is 8.49. The third-order valence-corrected chi connectivity index (χ3v) is 3.84. The Hall–Kier alpha value is -1.29. The van der Waals surface area contributed by atoms with Gasteiger partial charge in [-0.15, -0.1) is 0 Å². The van der Waals surface area contributed by atoms with Crippen LogP contribution in [0.2, 0.25) is 0 Å². The lowest BCUT2D eigenvalue weighted by Crippen LogP contribution is -2.45. The summed E-state index contributed by atoms with van der Waals surface area (Å²) in [5.41, 5.74) is 8.05. The van der Waals surface area contributed by atoms with Gasteiger partial charge in [-0.1, -0.05) is 0 Å². The number of likely N-dealkylation sites (N-methyl/N-ethyl adjacent to an activating group) is 2. The maximum atomic E-state index is 13.4.